The number of carbonyl (C=O) groups excluding carboxylic acids is 1. The van der Waals surface area contributed by atoms with Crippen LogP contribution in [0.3, 0.4) is 0 Å². The molecule has 0 atom stereocenters. The number of pyridine rings is 1. The number of fused-ring (bicyclic) bond motifs is 1. The largest absolute Gasteiger partial charge is 0.396 e. The first-order valence-corrected chi connectivity index (χ1v) is 7.10. The number of nitrogen functional groups attached to an aromatic ring is 1. The van der Waals surface area contributed by atoms with E-state index < -0.39 is 0 Å². The molecule has 0 saturated carbocycles. The third-order valence-electron chi connectivity index (χ3n) is 3.30. The van der Waals surface area contributed by atoms with Crippen LogP contribution in [0.2, 0.25) is 0 Å². The van der Waals surface area contributed by atoms with Gasteiger partial charge in [0.1, 0.15) is 0 Å². The van der Waals surface area contributed by atoms with E-state index in [0.717, 1.165) is 16.6 Å². The van der Waals surface area contributed by atoms with Crippen LogP contribution in [0.5, 0.6) is 0 Å². The van der Waals surface area contributed by atoms with Gasteiger partial charge in [-0.05, 0) is 30.2 Å². The first-order valence-electron chi connectivity index (χ1n) is 7.10. The van der Waals surface area contributed by atoms with Gasteiger partial charge in [-0.3, -0.25) is 9.78 Å². The van der Waals surface area contributed by atoms with Gasteiger partial charge in [-0.15, -0.1) is 0 Å². The van der Waals surface area contributed by atoms with Crippen LogP contribution in [0.4, 0.5) is 11.4 Å². The van der Waals surface area contributed by atoms with Crippen LogP contribution in [0.15, 0.2) is 30.5 Å². The molecule has 0 aliphatic heterocycles. The van der Waals surface area contributed by atoms with E-state index in [2.05, 4.69) is 24.1 Å². The summed E-state index contributed by atoms with van der Waals surface area (Å²) in [7, 11) is 1.86. The fourth-order valence-corrected chi connectivity index (χ4v) is 2.17. The molecule has 1 amide bonds. The average Bonchev–Trinajstić information content (AvgIpc) is 2.45. The number of aromatic nitrogens is 1. The maximum atomic E-state index is 11.9. The molecule has 0 aliphatic carbocycles. The molecule has 112 valence electrons. The van der Waals surface area contributed by atoms with Crippen LogP contribution >= 0.6 is 0 Å². The third kappa shape index (κ3) is 3.62. The van der Waals surface area contributed by atoms with E-state index in [0.29, 0.717) is 18.2 Å². The lowest BCUT2D eigenvalue weighted by Crippen LogP contribution is -2.37. The molecule has 0 fully saturated rings. The lowest BCUT2D eigenvalue weighted by atomic mass is 10.1. The summed E-state index contributed by atoms with van der Waals surface area (Å²) in [6.45, 7) is 5.10. The topological polar surface area (TPSA) is 71.2 Å². The first-order chi connectivity index (χ1) is 9.99. The summed E-state index contributed by atoms with van der Waals surface area (Å²) >= 11 is 0. The number of hydrogen-bond donors (Lipinski definition) is 2. The van der Waals surface area contributed by atoms with Crippen LogP contribution in [-0.2, 0) is 4.79 Å². The van der Waals surface area contributed by atoms with Crippen molar-refractivity contribution >= 4 is 28.2 Å². The van der Waals surface area contributed by atoms with Crippen LogP contribution in [0.1, 0.15) is 13.8 Å². The Hall–Kier alpha value is -2.30. The molecule has 2 aromatic rings. The van der Waals surface area contributed by atoms with Crippen molar-refractivity contribution in [3.05, 3.63) is 30.5 Å². The Morgan fingerprint density at radius 3 is 2.86 bits per heavy atom. The Bertz CT molecular complexity index is 639. The van der Waals surface area contributed by atoms with Gasteiger partial charge in [0.2, 0.25) is 5.91 Å². The highest BCUT2D eigenvalue weighted by atomic mass is 16.2. The van der Waals surface area contributed by atoms with Gasteiger partial charge >= 0.3 is 0 Å². The predicted molar refractivity (Wildman–Crippen MR) is 87.3 cm³/mol. The SMILES string of the molecule is CC(C)CNC(=O)CN(C)c1ccc2ncccc2c1N. The highest BCUT2D eigenvalue weighted by molar-refractivity contribution is 5.97. The normalized spacial score (nSPS) is 10.9. The predicted octanol–water partition coefficient (Wildman–Crippen LogP) is 2.03. The summed E-state index contributed by atoms with van der Waals surface area (Å²) in [4.78, 5) is 18.0. The lowest BCUT2D eigenvalue weighted by molar-refractivity contribution is -0.119. The van der Waals surface area contributed by atoms with Crippen molar-refractivity contribution in [2.75, 3.05) is 30.8 Å². The molecular weight excluding hydrogens is 264 g/mol. The maximum absolute atomic E-state index is 11.9. The molecule has 0 saturated heterocycles. The van der Waals surface area contributed by atoms with E-state index in [1.807, 2.05) is 36.2 Å². The quantitative estimate of drug-likeness (QED) is 0.825. The van der Waals surface area contributed by atoms with E-state index in [1.54, 1.807) is 6.20 Å². The summed E-state index contributed by atoms with van der Waals surface area (Å²) in [6, 6.07) is 7.62. The van der Waals surface area contributed by atoms with Crippen LogP contribution < -0.4 is 16.0 Å². The minimum atomic E-state index is -0.00289. The Morgan fingerprint density at radius 2 is 2.14 bits per heavy atom. The number of nitrogens with one attached hydrogen (secondary N) is 1. The Balaban J connectivity index is 2.14. The number of nitrogens with zero attached hydrogens (tertiary/aromatic N) is 2. The van der Waals surface area contributed by atoms with E-state index in [4.69, 9.17) is 5.73 Å². The number of rotatable bonds is 5. The molecule has 3 N–H and O–H groups in total. The van der Waals surface area contributed by atoms with Crippen LogP contribution in [-0.4, -0.2) is 31.0 Å². The Kier molecular flexibility index (Phi) is 4.62. The van der Waals surface area contributed by atoms with Gasteiger partial charge in [0.05, 0.1) is 23.4 Å². The van der Waals surface area contributed by atoms with Crippen LogP contribution in [0, 0.1) is 5.92 Å². The zero-order chi connectivity index (χ0) is 15.4. The van der Waals surface area contributed by atoms with Gasteiger partial charge < -0.3 is 16.0 Å². The van der Waals surface area contributed by atoms with E-state index in [1.165, 1.54) is 0 Å². The molecule has 0 spiro atoms. The zero-order valence-electron chi connectivity index (χ0n) is 12.8. The first kappa shape index (κ1) is 15.1. The molecule has 5 heteroatoms. The minimum absolute atomic E-state index is 0.00289. The monoisotopic (exact) mass is 286 g/mol. The molecule has 0 aliphatic rings. The van der Waals surface area contributed by atoms with Crippen molar-refractivity contribution in [1.29, 1.82) is 0 Å². The second kappa shape index (κ2) is 6.43. The number of hydrogen-bond acceptors (Lipinski definition) is 4. The number of nitrogens with two attached hydrogens (primary N) is 1. The van der Waals surface area contributed by atoms with Crippen LogP contribution in [0.25, 0.3) is 10.9 Å². The lowest BCUT2D eigenvalue weighted by Gasteiger charge is -2.21. The maximum Gasteiger partial charge on any atom is 0.239 e. The summed E-state index contributed by atoms with van der Waals surface area (Å²) in [5, 5.41) is 3.81. The molecule has 1 aromatic heterocycles. The van der Waals surface area contributed by atoms with Gasteiger partial charge in [0, 0.05) is 25.2 Å². The second-order valence-corrected chi connectivity index (χ2v) is 5.62. The summed E-state index contributed by atoms with van der Waals surface area (Å²) in [5.74, 6) is 0.438. The average molecular weight is 286 g/mol. The Morgan fingerprint density at radius 1 is 1.38 bits per heavy atom. The smallest absolute Gasteiger partial charge is 0.239 e. The van der Waals surface area contributed by atoms with Crippen molar-refractivity contribution in [3.63, 3.8) is 0 Å². The van der Waals surface area contributed by atoms with Crippen molar-refractivity contribution in [1.82, 2.24) is 10.3 Å². The van der Waals surface area contributed by atoms with Gasteiger partial charge in [-0.1, -0.05) is 13.8 Å². The number of carbonyl (C=O) groups is 1. The van der Waals surface area contributed by atoms with Gasteiger partial charge in [0.25, 0.3) is 0 Å². The Labute approximate surface area is 125 Å². The summed E-state index contributed by atoms with van der Waals surface area (Å²) in [6.07, 6.45) is 1.74. The molecule has 0 radical (unpaired) electrons. The van der Waals surface area contributed by atoms with Gasteiger partial charge in [-0.2, -0.15) is 0 Å². The highest BCUT2D eigenvalue weighted by Crippen LogP contribution is 2.29. The van der Waals surface area contributed by atoms with E-state index >= 15 is 0 Å². The third-order valence-corrected chi connectivity index (χ3v) is 3.30. The van der Waals surface area contributed by atoms with Crippen molar-refractivity contribution < 1.29 is 4.79 Å². The second-order valence-electron chi connectivity index (χ2n) is 5.62. The molecular formula is C16H22N4O. The molecule has 1 heterocycles. The molecule has 21 heavy (non-hydrogen) atoms. The zero-order valence-corrected chi connectivity index (χ0v) is 12.8. The molecule has 0 unspecified atom stereocenters. The number of anilines is 2. The number of amides is 1. The number of likely N-dealkylation sites (N-methyl/N-ethyl adjacent to an activating group) is 1. The molecule has 0 bridgehead atoms. The van der Waals surface area contributed by atoms with E-state index in [-0.39, 0.29) is 12.5 Å². The molecule has 1 aromatic carbocycles. The molecule has 2 rings (SSSR count). The minimum Gasteiger partial charge on any atom is -0.396 e. The van der Waals surface area contributed by atoms with Gasteiger partial charge in [0.15, 0.2) is 0 Å². The summed E-state index contributed by atoms with van der Waals surface area (Å²) in [5.41, 5.74) is 8.56. The number of benzene rings is 1. The fourth-order valence-electron chi connectivity index (χ4n) is 2.17. The standard InChI is InChI=1S/C16H22N4O/c1-11(2)9-19-15(21)10-20(3)14-7-6-13-12(16(14)17)5-4-8-18-13/h4-8,11H,9-10,17H2,1-3H3,(H,19,21). The fraction of sp³-hybridized carbons (Fsp3) is 0.375. The van der Waals surface area contributed by atoms with Crippen molar-refractivity contribution in [3.8, 4) is 0 Å². The molecule has 5 nitrogen and oxygen atoms in total. The summed E-state index contributed by atoms with van der Waals surface area (Å²) < 4.78 is 0. The van der Waals surface area contributed by atoms with Gasteiger partial charge in [-0.25, -0.2) is 0 Å². The van der Waals surface area contributed by atoms with Crippen molar-refractivity contribution in [2.24, 2.45) is 5.92 Å². The van der Waals surface area contributed by atoms with E-state index in [9.17, 15) is 4.79 Å². The van der Waals surface area contributed by atoms with Crippen molar-refractivity contribution in [2.45, 2.75) is 13.8 Å². The highest BCUT2D eigenvalue weighted by Gasteiger charge is 2.12.